The highest BCUT2D eigenvalue weighted by atomic mass is 32.2. The fraction of sp³-hybridized carbons (Fsp3) is 0.524. The van der Waals surface area contributed by atoms with Crippen LogP contribution in [0.1, 0.15) is 50.5 Å². The van der Waals surface area contributed by atoms with Gasteiger partial charge in [-0.3, -0.25) is 14.6 Å². The van der Waals surface area contributed by atoms with Gasteiger partial charge in [0.2, 0.25) is 5.91 Å². The van der Waals surface area contributed by atoms with E-state index in [2.05, 4.69) is 11.0 Å². The maximum atomic E-state index is 12.9. The summed E-state index contributed by atoms with van der Waals surface area (Å²) >= 11 is 1.65. The summed E-state index contributed by atoms with van der Waals surface area (Å²) in [7, 11) is 0. The van der Waals surface area contributed by atoms with Crippen LogP contribution in [0.4, 0.5) is 0 Å². The predicted molar refractivity (Wildman–Crippen MR) is 106 cm³/mol. The maximum Gasteiger partial charge on any atom is 0.229 e. The van der Waals surface area contributed by atoms with Crippen molar-refractivity contribution in [2.24, 2.45) is 0 Å². The van der Waals surface area contributed by atoms with Crippen LogP contribution in [-0.4, -0.2) is 40.9 Å². The second kappa shape index (κ2) is 7.95. The van der Waals surface area contributed by atoms with Gasteiger partial charge in [-0.1, -0.05) is 36.7 Å². The average Bonchev–Trinajstić information content (AvgIpc) is 3.23. The number of nitriles is 1. The molecule has 142 valence electrons. The molecule has 1 saturated heterocycles. The number of carbonyl (C=O) groups is 1. The molecule has 3 aliphatic rings. The molecule has 1 atom stereocenters. The van der Waals surface area contributed by atoms with Crippen molar-refractivity contribution in [1.82, 2.24) is 9.80 Å². The molecule has 2 aliphatic heterocycles. The van der Waals surface area contributed by atoms with E-state index in [4.69, 9.17) is 4.74 Å². The van der Waals surface area contributed by atoms with Crippen molar-refractivity contribution in [3.05, 3.63) is 40.4 Å². The summed E-state index contributed by atoms with van der Waals surface area (Å²) in [5.74, 6) is 1.65. The molecule has 4 rings (SSSR count). The first kappa shape index (κ1) is 18.4. The van der Waals surface area contributed by atoms with Crippen molar-refractivity contribution >= 4 is 17.7 Å². The molecule has 2 fully saturated rings. The van der Waals surface area contributed by atoms with Crippen LogP contribution in [-0.2, 0) is 4.79 Å². The number of rotatable bonds is 4. The molecule has 2 heterocycles. The van der Waals surface area contributed by atoms with Gasteiger partial charge in [0.1, 0.15) is 5.75 Å². The van der Waals surface area contributed by atoms with E-state index in [1.54, 1.807) is 11.8 Å². The second-order valence-electron chi connectivity index (χ2n) is 7.35. The quantitative estimate of drug-likeness (QED) is 0.785. The van der Waals surface area contributed by atoms with Crippen LogP contribution >= 0.6 is 11.8 Å². The van der Waals surface area contributed by atoms with Gasteiger partial charge in [0.15, 0.2) is 0 Å². The summed E-state index contributed by atoms with van der Waals surface area (Å²) in [6.07, 6.45) is 5.38. The average molecular weight is 384 g/mol. The van der Waals surface area contributed by atoms with Crippen molar-refractivity contribution in [2.45, 2.75) is 51.0 Å². The number of fused-ring (bicyclic) bond motifs is 1. The van der Waals surface area contributed by atoms with Gasteiger partial charge in [0, 0.05) is 18.4 Å². The summed E-state index contributed by atoms with van der Waals surface area (Å²) in [5, 5.41) is 10.7. The molecule has 1 amide bonds. The third-order valence-electron chi connectivity index (χ3n) is 5.75. The monoisotopic (exact) mass is 383 g/mol. The number of benzene rings is 1. The number of allylic oxidation sites excluding steroid dienone is 1. The minimum atomic E-state index is -0.157. The number of hydrogen-bond donors (Lipinski definition) is 0. The first-order valence-electron chi connectivity index (χ1n) is 9.75. The Morgan fingerprint density at radius 1 is 1.26 bits per heavy atom. The molecule has 27 heavy (non-hydrogen) atoms. The zero-order valence-corrected chi connectivity index (χ0v) is 16.5. The van der Waals surface area contributed by atoms with Crippen LogP contribution in [0.15, 0.2) is 34.9 Å². The molecule has 1 saturated carbocycles. The summed E-state index contributed by atoms with van der Waals surface area (Å²) in [6, 6.07) is 10.8. The molecule has 5 nitrogen and oxygen atoms in total. The van der Waals surface area contributed by atoms with Gasteiger partial charge in [-0.2, -0.15) is 5.26 Å². The third-order valence-corrected chi connectivity index (χ3v) is 6.92. The number of carbonyl (C=O) groups excluding carboxylic acids is 1. The summed E-state index contributed by atoms with van der Waals surface area (Å²) in [4.78, 5) is 17.2. The summed E-state index contributed by atoms with van der Waals surface area (Å²) in [6.45, 7) is 3.21. The van der Waals surface area contributed by atoms with Crippen molar-refractivity contribution in [3.63, 3.8) is 0 Å². The lowest BCUT2D eigenvalue weighted by molar-refractivity contribution is -0.132. The Kier molecular flexibility index (Phi) is 5.42. The molecular formula is C21H25N3O2S. The van der Waals surface area contributed by atoms with Crippen molar-refractivity contribution < 1.29 is 9.53 Å². The highest BCUT2D eigenvalue weighted by Crippen LogP contribution is 2.43. The molecule has 0 aromatic heterocycles. The van der Waals surface area contributed by atoms with Crippen molar-refractivity contribution in [1.29, 1.82) is 5.26 Å². The Balaban J connectivity index is 1.59. The van der Waals surface area contributed by atoms with E-state index in [9.17, 15) is 10.1 Å². The number of hydrogen-bond acceptors (Lipinski definition) is 5. The van der Waals surface area contributed by atoms with Crippen LogP contribution < -0.4 is 4.74 Å². The predicted octanol–water partition coefficient (Wildman–Crippen LogP) is 4.04. The van der Waals surface area contributed by atoms with Crippen molar-refractivity contribution in [3.8, 4) is 11.8 Å². The van der Waals surface area contributed by atoms with Crippen LogP contribution in [0, 0.1) is 11.3 Å². The second-order valence-corrected chi connectivity index (χ2v) is 8.29. The molecule has 1 aromatic carbocycles. The van der Waals surface area contributed by atoms with Gasteiger partial charge in [0.05, 0.1) is 35.8 Å². The minimum Gasteiger partial charge on any atom is -0.494 e. The molecule has 1 aromatic rings. The van der Waals surface area contributed by atoms with Gasteiger partial charge in [0.25, 0.3) is 0 Å². The fourth-order valence-electron chi connectivity index (χ4n) is 4.32. The lowest BCUT2D eigenvalue weighted by atomic mass is 9.86. The lowest BCUT2D eigenvalue weighted by Gasteiger charge is -2.43. The zero-order valence-electron chi connectivity index (χ0n) is 15.7. The van der Waals surface area contributed by atoms with E-state index in [-0.39, 0.29) is 11.8 Å². The maximum absolute atomic E-state index is 12.9. The molecule has 0 spiro atoms. The van der Waals surface area contributed by atoms with E-state index in [1.807, 2.05) is 36.1 Å². The Hall–Kier alpha value is -1.97. The van der Waals surface area contributed by atoms with Gasteiger partial charge < -0.3 is 4.74 Å². The minimum absolute atomic E-state index is 0.123. The van der Waals surface area contributed by atoms with Crippen LogP contribution in [0.5, 0.6) is 5.75 Å². The molecule has 0 N–H and O–H groups in total. The molecular weight excluding hydrogens is 358 g/mol. The van der Waals surface area contributed by atoms with Gasteiger partial charge in [-0.05, 0) is 37.5 Å². The fourth-order valence-corrected chi connectivity index (χ4v) is 5.56. The normalized spacial score (nSPS) is 24.1. The van der Waals surface area contributed by atoms with Gasteiger partial charge >= 0.3 is 0 Å². The smallest absolute Gasteiger partial charge is 0.229 e. The summed E-state index contributed by atoms with van der Waals surface area (Å²) in [5.41, 5.74) is 1.74. The zero-order chi connectivity index (χ0) is 18.8. The summed E-state index contributed by atoms with van der Waals surface area (Å²) < 4.78 is 5.51. The number of ether oxygens (including phenoxy) is 1. The SMILES string of the molecule is CCOc1ccc([C@@H]2CC(=O)N3CN(C4CCCC4)CSC3=C2C#N)cc1. The molecule has 0 bridgehead atoms. The largest absolute Gasteiger partial charge is 0.494 e. The standard InChI is InChI=1S/C21H25N3O2S/c1-2-26-17-9-7-15(8-10-17)18-11-20(25)24-13-23(16-5-3-4-6-16)14-27-21(24)19(18)12-22/h7-10,16,18H,2-6,11,13-14H2,1H3/t18-/m0/s1. The van der Waals surface area contributed by atoms with Crippen molar-refractivity contribution in [2.75, 3.05) is 19.2 Å². The molecule has 1 aliphatic carbocycles. The Morgan fingerprint density at radius 3 is 2.67 bits per heavy atom. The van der Waals surface area contributed by atoms with Crippen LogP contribution in [0.3, 0.4) is 0 Å². The Labute approximate surface area is 165 Å². The number of thioether (sulfide) groups is 1. The van der Waals surface area contributed by atoms with E-state index >= 15 is 0 Å². The van der Waals surface area contributed by atoms with E-state index in [0.717, 1.165) is 27.8 Å². The molecule has 6 heteroatoms. The van der Waals surface area contributed by atoms with E-state index < -0.39 is 0 Å². The number of nitrogens with zero attached hydrogens (tertiary/aromatic N) is 3. The van der Waals surface area contributed by atoms with Crippen LogP contribution in [0.2, 0.25) is 0 Å². The van der Waals surface area contributed by atoms with Gasteiger partial charge in [-0.25, -0.2) is 0 Å². The first-order valence-corrected chi connectivity index (χ1v) is 10.7. The highest BCUT2D eigenvalue weighted by molar-refractivity contribution is 8.03. The molecule has 0 radical (unpaired) electrons. The lowest BCUT2D eigenvalue weighted by Crippen LogP contribution is -2.50. The van der Waals surface area contributed by atoms with Gasteiger partial charge in [-0.15, -0.1) is 0 Å². The Morgan fingerprint density at radius 2 is 2.00 bits per heavy atom. The van der Waals surface area contributed by atoms with E-state index in [1.165, 1.54) is 25.7 Å². The molecule has 0 unspecified atom stereocenters. The van der Waals surface area contributed by atoms with Crippen LogP contribution in [0.25, 0.3) is 0 Å². The highest BCUT2D eigenvalue weighted by Gasteiger charge is 2.39. The topological polar surface area (TPSA) is 56.6 Å². The first-order chi connectivity index (χ1) is 13.2. The van der Waals surface area contributed by atoms with E-state index in [0.29, 0.717) is 25.7 Å². The third kappa shape index (κ3) is 3.59. The Bertz CT molecular complexity index is 778. The number of amides is 1.